The van der Waals surface area contributed by atoms with Crippen molar-refractivity contribution >= 4 is 24.2 Å². The first-order valence-electron chi connectivity index (χ1n) is 8.77. The van der Waals surface area contributed by atoms with Crippen LogP contribution in [0.2, 0.25) is 0 Å². The average Bonchev–Trinajstić information content (AvgIpc) is 3.11. The quantitative estimate of drug-likeness (QED) is 0.822. The number of nitrogens with two attached hydrogens (primary N) is 1. The molecule has 0 radical (unpaired) electrons. The fourth-order valence-corrected chi connectivity index (χ4v) is 3.38. The van der Waals surface area contributed by atoms with Gasteiger partial charge in [0, 0.05) is 31.2 Å². The number of carbonyl (C=O) groups excluding carboxylic acids is 2. The highest BCUT2D eigenvalue weighted by Gasteiger charge is 2.34. The molecule has 8 heteroatoms. The zero-order chi connectivity index (χ0) is 17.8. The Morgan fingerprint density at radius 3 is 2.38 bits per heavy atom. The second kappa shape index (κ2) is 9.30. The number of benzene rings is 1. The van der Waals surface area contributed by atoms with Crippen molar-refractivity contribution in [3.05, 3.63) is 35.6 Å². The Bertz CT molecular complexity index is 621. The first-order valence-corrected chi connectivity index (χ1v) is 8.77. The van der Waals surface area contributed by atoms with Gasteiger partial charge in [-0.2, -0.15) is 0 Å². The molecule has 1 aromatic carbocycles. The molecule has 2 fully saturated rings. The number of carbonyl (C=O) groups is 2. The third-order valence-corrected chi connectivity index (χ3v) is 4.89. The van der Waals surface area contributed by atoms with Gasteiger partial charge in [0.1, 0.15) is 11.9 Å². The molecule has 0 aliphatic carbocycles. The van der Waals surface area contributed by atoms with E-state index in [1.165, 1.54) is 24.3 Å². The monoisotopic (exact) mass is 385 g/mol. The summed E-state index contributed by atoms with van der Waals surface area (Å²) < 4.78 is 18.6. The number of nitrogens with one attached hydrogen (secondary N) is 1. The normalized spacial score (nSPS) is 23.4. The van der Waals surface area contributed by atoms with Gasteiger partial charge in [-0.05, 0) is 49.9 Å². The number of likely N-dealkylation sites (tertiary alicyclic amines) is 1. The van der Waals surface area contributed by atoms with Crippen LogP contribution in [0.4, 0.5) is 4.39 Å². The molecule has 2 atom stereocenters. The van der Waals surface area contributed by atoms with E-state index in [1.54, 1.807) is 0 Å². The summed E-state index contributed by atoms with van der Waals surface area (Å²) in [6, 6.07) is 5.49. The molecule has 0 saturated carbocycles. The van der Waals surface area contributed by atoms with Crippen LogP contribution < -0.4 is 11.1 Å². The van der Waals surface area contributed by atoms with Crippen LogP contribution >= 0.6 is 12.4 Å². The lowest BCUT2D eigenvalue weighted by atomic mass is 10.0. The molecule has 3 N–H and O–H groups in total. The standard InChI is InChI=1S/C18H24FN3O3.ClH/c19-13-3-1-12(2-4-13)17(23)21-14-7-9-22(10-8-14)18(24)16-6-5-15(11-20)25-16;/h1-4,14-16H,5-11,20H2,(H,21,23);1H/t15-,16+;/m1./s1. The molecule has 2 aliphatic rings. The predicted octanol–water partition coefficient (Wildman–Crippen LogP) is 1.47. The molecule has 0 spiro atoms. The molecular weight excluding hydrogens is 361 g/mol. The van der Waals surface area contributed by atoms with Gasteiger partial charge in [-0.1, -0.05) is 0 Å². The molecule has 2 saturated heterocycles. The lowest BCUT2D eigenvalue weighted by Gasteiger charge is -2.33. The van der Waals surface area contributed by atoms with E-state index < -0.39 is 0 Å². The van der Waals surface area contributed by atoms with E-state index >= 15 is 0 Å². The van der Waals surface area contributed by atoms with Crippen LogP contribution in [0.5, 0.6) is 0 Å². The molecule has 2 aliphatic heterocycles. The number of amides is 2. The minimum absolute atomic E-state index is 0. The summed E-state index contributed by atoms with van der Waals surface area (Å²) in [5.74, 6) is -0.552. The maximum absolute atomic E-state index is 12.9. The van der Waals surface area contributed by atoms with Crippen LogP contribution in [0.15, 0.2) is 24.3 Å². The Kier molecular flexibility index (Phi) is 7.37. The summed E-state index contributed by atoms with van der Waals surface area (Å²) in [7, 11) is 0. The summed E-state index contributed by atoms with van der Waals surface area (Å²) in [5.41, 5.74) is 6.02. The Hall–Kier alpha value is -1.70. The van der Waals surface area contributed by atoms with E-state index in [1.807, 2.05) is 4.90 Å². The maximum Gasteiger partial charge on any atom is 0.251 e. The number of rotatable bonds is 4. The third kappa shape index (κ3) is 4.93. The number of hydrogen-bond donors (Lipinski definition) is 2. The first-order chi connectivity index (χ1) is 12.1. The number of piperidine rings is 1. The van der Waals surface area contributed by atoms with Crippen molar-refractivity contribution in [2.75, 3.05) is 19.6 Å². The van der Waals surface area contributed by atoms with Crippen molar-refractivity contribution in [3.8, 4) is 0 Å². The predicted molar refractivity (Wildman–Crippen MR) is 97.7 cm³/mol. The highest BCUT2D eigenvalue weighted by Crippen LogP contribution is 2.22. The number of hydrogen-bond acceptors (Lipinski definition) is 4. The summed E-state index contributed by atoms with van der Waals surface area (Å²) in [6.45, 7) is 1.64. The van der Waals surface area contributed by atoms with Crippen LogP contribution in [0.25, 0.3) is 0 Å². The van der Waals surface area contributed by atoms with E-state index in [-0.39, 0.29) is 48.3 Å². The minimum Gasteiger partial charge on any atom is -0.364 e. The minimum atomic E-state index is -0.376. The molecule has 6 nitrogen and oxygen atoms in total. The molecule has 0 aromatic heterocycles. The highest BCUT2D eigenvalue weighted by molar-refractivity contribution is 5.94. The number of halogens is 2. The van der Waals surface area contributed by atoms with Crippen molar-refractivity contribution in [2.45, 2.75) is 43.9 Å². The maximum atomic E-state index is 12.9. The van der Waals surface area contributed by atoms with E-state index in [2.05, 4.69) is 5.32 Å². The van der Waals surface area contributed by atoms with Gasteiger partial charge in [-0.15, -0.1) is 12.4 Å². The van der Waals surface area contributed by atoms with Gasteiger partial charge in [0.2, 0.25) is 0 Å². The van der Waals surface area contributed by atoms with Crippen molar-refractivity contribution in [2.24, 2.45) is 5.73 Å². The van der Waals surface area contributed by atoms with Crippen LogP contribution in [-0.2, 0) is 9.53 Å². The third-order valence-electron chi connectivity index (χ3n) is 4.89. The molecule has 2 heterocycles. The second-order valence-corrected chi connectivity index (χ2v) is 6.64. The van der Waals surface area contributed by atoms with E-state index in [0.717, 1.165) is 12.8 Å². The summed E-state index contributed by atoms with van der Waals surface area (Å²) in [4.78, 5) is 26.5. The van der Waals surface area contributed by atoms with E-state index in [9.17, 15) is 14.0 Å². The van der Waals surface area contributed by atoms with Gasteiger partial charge >= 0.3 is 0 Å². The number of ether oxygens (including phenoxy) is 1. The Labute approximate surface area is 158 Å². The van der Waals surface area contributed by atoms with Gasteiger partial charge in [0.15, 0.2) is 0 Å². The van der Waals surface area contributed by atoms with Crippen molar-refractivity contribution < 1.29 is 18.7 Å². The average molecular weight is 386 g/mol. The zero-order valence-electron chi connectivity index (χ0n) is 14.5. The molecule has 1 aromatic rings. The zero-order valence-corrected chi connectivity index (χ0v) is 15.3. The summed E-state index contributed by atoms with van der Waals surface area (Å²) >= 11 is 0. The SMILES string of the molecule is Cl.NC[C@H]1CC[C@@H](C(=O)N2CCC(NC(=O)c3ccc(F)cc3)CC2)O1. The molecule has 144 valence electrons. The molecule has 2 amide bonds. The Morgan fingerprint density at radius 1 is 1.15 bits per heavy atom. The molecule has 26 heavy (non-hydrogen) atoms. The van der Waals surface area contributed by atoms with E-state index in [4.69, 9.17) is 10.5 Å². The molecule has 0 unspecified atom stereocenters. The number of nitrogens with zero attached hydrogens (tertiary/aromatic N) is 1. The summed E-state index contributed by atoms with van der Waals surface area (Å²) in [6.07, 6.45) is 2.57. The van der Waals surface area contributed by atoms with Crippen molar-refractivity contribution in [1.29, 1.82) is 0 Å². The van der Waals surface area contributed by atoms with Crippen molar-refractivity contribution in [3.63, 3.8) is 0 Å². The van der Waals surface area contributed by atoms with Crippen LogP contribution in [0.3, 0.4) is 0 Å². The van der Waals surface area contributed by atoms with Gasteiger partial charge < -0.3 is 20.7 Å². The lowest BCUT2D eigenvalue weighted by molar-refractivity contribution is -0.143. The summed E-state index contributed by atoms with van der Waals surface area (Å²) in [5, 5.41) is 2.95. The first kappa shape index (κ1) is 20.6. The van der Waals surface area contributed by atoms with Gasteiger partial charge in [-0.25, -0.2) is 4.39 Å². The van der Waals surface area contributed by atoms with Crippen LogP contribution in [0, 0.1) is 5.82 Å². The fraction of sp³-hybridized carbons (Fsp3) is 0.556. The smallest absolute Gasteiger partial charge is 0.251 e. The molecule has 0 bridgehead atoms. The van der Waals surface area contributed by atoms with Crippen molar-refractivity contribution in [1.82, 2.24) is 10.2 Å². The molecule has 3 rings (SSSR count). The van der Waals surface area contributed by atoms with Gasteiger partial charge in [0.25, 0.3) is 11.8 Å². The van der Waals surface area contributed by atoms with Gasteiger partial charge in [0.05, 0.1) is 6.10 Å². The Balaban J connectivity index is 0.00000243. The highest BCUT2D eigenvalue weighted by atomic mass is 35.5. The van der Waals surface area contributed by atoms with Gasteiger partial charge in [-0.3, -0.25) is 9.59 Å². The lowest BCUT2D eigenvalue weighted by Crippen LogP contribution is -2.49. The molecular formula is C18H25ClFN3O3. The van der Waals surface area contributed by atoms with Crippen LogP contribution in [-0.4, -0.2) is 54.6 Å². The van der Waals surface area contributed by atoms with Crippen LogP contribution in [0.1, 0.15) is 36.0 Å². The second-order valence-electron chi connectivity index (χ2n) is 6.64. The largest absolute Gasteiger partial charge is 0.364 e. The fourth-order valence-electron chi connectivity index (χ4n) is 3.38. The van der Waals surface area contributed by atoms with E-state index in [0.29, 0.717) is 38.0 Å². The Morgan fingerprint density at radius 2 is 1.81 bits per heavy atom. The topological polar surface area (TPSA) is 84.7 Å².